The molecule has 0 saturated heterocycles. The molecule has 5 nitrogen and oxygen atoms in total. The average molecular weight is 342 g/mol. The molecule has 0 unspecified atom stereocenters. The van der Waals surface area contributed by atoms with E-state index in [2.05, 4.69) is 10.2 Å². The van der Waals surface area contributed by atoms with Crippen LogP contribution < -0.4 is 15.5 Å². The lowest BCUT2D eigenvalue weighted by atomic mass is 10.1. The number of para-hydroxylation sites is 1. The summed E-state index contributed by atoms with van der Waals surface area (Å²) in [5.41, 5.74) is 8.23. The summed E-state index contributed by atoms with van der Waals surface area (Å²) < 4.78 is 14.3. The first-order valence-corrected chi connectivity index (χ1v) is 7.69. The normalized spacial score (nSPS) is 16.5. The number of fused-ring (bicyclic) bond motifs is 1. The van der Waals surface area contributed by atoms with Gasteiger partial charge in [-0.3, -0.25) is 0 Å². The molecule has 0 bridgehead atoms. The Morgan fingerprint density at radius 2 is 1.79 bits per heavy atom. The molecule has 0 radical (unpaired) electrons. The third-order valence-corrected chi connectivity index (χ3v) is 4.22. The Labute approximate surface area is 143 Å². The minimum absolute atomic E-state index is 0.320. The molecule has 0 spiro atoms. The van der Waals surface area contributed by atoms with E-state index in [9.17, 15) is 4.39 Å². The largest absolute Gasteiger partial charge is 0.384 e. The fourth-order valence-corrected chi connectivity index (χ4v) is 2.89. The highest BCUT2D eigenvalue weighted by Crippen LogP contribution is 2.31. The predicted octanol–water partition coefficient (Wildman–Crippen LogP) is 3.33. The molecule has 4 rings (SSSR count). The minimum atomic E-state index is -0.331. The van der Waals surface area contributed by atoms with Gasteiger partial charge in [-0.05, 0) is 36.4 Å². The first-order chi connectivity index (χ1) is 11.6. The van der Waals surface area contributed by atoms with Crippen LogP contribution in [-0.4, -0.2) is 18.7 Å². The Bertz CT molecular complexity index is 888. The van der Waals surface area contributed by atoms with Crippen LogP contribution in [0.25, 0.3) is 0 Å². The maximum Gasteiger partial charge on any atom is 0.169 e. The van der Waals surface area contributed by atoms with Crippen molar-refractivity contribution in [2.45, 2.75) is 0 Å². The van der Waals surface area contributed by atoms with Gasteiger partial charge in [-0.1, -0.05) is 23.7 Å². The molecule has 2 heterocycles. The van der Waals surface area contributed by atoms with Crippen molar-refractivity contribution >= 4 is 35.0 Å². The van der Waals surface area contributed by atoms with Crippen LogP contribution in [-0.2, 0) is 0 Å². The van der Waals surface area contributed by atoms with Gasteiger partial charge in [0.25, 0.3) is 0 Å². The highest BCUT2D eigenvalue weighted by molar-refractivity contribution is 6.30. The van der Waals surface area contributed by atoms with Gasteiger partial charge in [0.2, 0.25) is 0 Å². The number of amidine groups is 1. The van der Waals surface area contributed by atoms with Crippen LogP contribution in [0.5, 0.6) is 0 Å². The van der Waals surface area contributed by atoms with E-state index in [1.54, 1.807) is 41.4 Å². The third-order valence-electron chi connectivity index (χ3n) is 3.97. The summed E-state index contributed by atoms with van der Waals surface area (Å²) in [4.78, 5) is 3.62. The van der Waals surface area contributed by atoms with E-state index in [1.165, 1.54) is 6.07 Å². The lowest BCUT2D eigenvalue weighted by Gasteiger charge is -2.38. The van der Waals surface area contributed by atoms with E-state index in [4.69, 9.17) is 17.3 Å². The highest BCUT2D eigenvalue weighted by atomic mass is 35.5. The van der Waals surface area contributed by atoms with Crippen molar-refractivity contribution in [3.63, 3.8) is 0 Å². The second-order valence-corrected chi connectivity index (χ2v) is 5.83. The van der Waals surface area contributed by atoms with Gasteiger partial charge < -0.3 is 15.5 Å². The molecule has 0 aromatic heterocycles. The molecule has 0 fully saturated rings. The molecular weight excluding hydrogens is 329 g/mol. The Balaban J connectivity index is 1.82. The van der Waals surface area contributed by atoms with Crippen LogP contribution in [0.4, 0.5) is 15.8 Å². The van der Waals surface area contributed by atoms with Crippen molar-refractivity contribution in [3.05, 3.63) is 70.8 Å². The summed E-state index contributed by atoms with van der Waals surface area (Å²) in [6.45, 7) is 0.320. The van der Waals surface area contributed by atoms with Gasteiger partial charge in [-0.25, -0.2) is 4.39 Å². The summed E-state index contributed by atoms with van der Waals surface area (Å²) in [5.74, 6) is 0.732. The third kappa shape index (κ3) is 2.32. The summed E-state index contributed by atoms with van der Waals surface area (Å²) in [5, 5.41) is 8.68. The van der Waals surface area contributed by atoms with Crippen molar-refractivity contribution < 1.29 is 4.39 Å². The van der Waals surface area contributed by atoms with Crippen molar-refractivity contribution in [3.8, 4) is 0 Å². The van der Waals surface area contributed by atoms with Gasteiger partial charge >= 0.3 is 0 Å². The zero-order chi connectivity index (χ0) is 16.7. The SMILES string of the molecule is NC1=C2C=NN=C2N(c2ccccc2F)CN1c1ccc(Cl)cc1. The second kappa shape index (κ2) is 5.65. The van der Waals surface area contributed by atoms with Crippen LogP contribution in [0, 0.1) is 5.82 Å². The van der Waals surface area contributed by atoms with E-state index in [0.29, 0.717) is 34.6 Å². The monoisotopic (exact) mass is 341 g/mol. The number of halogens is 2. The number of anilines is 2. The zero-order valence-corrected chi connectivity index (χ0v) is 13.3. The molecule has 24 heavy (non-hydrogen) atoms. The molecule has 0 saturated carbocycles. The fourth-order valence-electron chi connectivity index (χ4n) is 2.77. The molecular formula is C17H13ClFN5. The summed E-state index contributed by atoms with van der Waals surface area (Å²) >= 11 is 5.96. The van der Waals surface area contributed by atoms with E-state index in [0.717, 1.165) is 5.69 Å². The molecule has 7 heteroatoms. The van der Waals surface area contributed by atoms with Crippen molar-refractivity contribution in [1.29, 1.82) is 0 Å². The summed E-state index contributed by atoms with van der Waals surface area (Å²) in [7, 11) is 0. The van der Waals surface area contributed by atoms with Crippen LogP contribution in [0.2, 0.25) is 5.02 Å². The first-order valence-electron chi connectivity index (χ1n) is 7.31. The van der Waals surface area contributed by atoms with Crippen LogP contribution in [0.3, 0.4) is 0 Å². The standard InChI is InChI=1S/C17H13ClFN5/c18-11-5-7-12(8-6-11)23-10-24(15-4-2-1-3-14(15)19)17-13(16(23)20)9-21-22-17/h1-9H,10,20H2. The maximum absolute atomic E-state index is 14.3. The Hall–Kier alpha value is -2.86. The smallest absolute Gasteiger partial charge is 0.169 e. The van der Waals surface area contributed by atoms with Gasteiger partial charge in [-0.15, -0.1) is 5.10 Å². The fraction of sp³-hybridized carbons (Fsp3) is 0.0588. The molecule has 0 atom stereocenters. The maximum atomic E-state index is 14.3. The molecule has 2 aliphatic rings. The highest BCUT2D eigenvalue weighted by Gasteiger charge is 2.33. The number of benzene rings is 2. The number of nitrogens with zero attached hydrogens (tertiary/aromatic N) is 4. The van der Waals surface area contributed by atoms with Crippen LogP contribution in [0.15, 0.2) is 70.1 Å². The molecule has 0 aliphatic carbocycles. The number of rotatable bonds is 2. The predicted molar refractivity (Wildman–Crippen MR) is 94.8 cm³/mol. The Morgan fingerprint density at radius 3 is 2.54 bits per heavy atom. The minimum Gasteiger partial charge on any atom is -0.384 e. The number of hydrogen-bond donors (Lipinski definition) is 1. The second-order valence-electron chi connectivity index (χ2n) is 5.39. The molecule has 2 N–H and O–H groups in total. The van der Waals surface area contributed by atoms with E-state index in [1.807, 2.05) is 17.0 Å². The van der Waals surface area contributed by atoms with Gasteiger partial charge in [0.05, 0.1) is 17.5 Å². The molecule has 2 aromatic carbocycles. The molecule has 120 valence electrons. The van der Waals surface area contributed by atoms with Crippen molar-refractivity contribution in [2.75, 3.05) is 16.5 Å². The molecule has 2 aliphatic heterocycles. The van der Waals surface area contributed by atoms with Crippen molar-refractivity contribution in [1.82, 2.24) is 0 Å². The number of hydrogen-bond acceptors (Lipinski definition) is 5. The summed E-state index contributed by atoms with van der Waals surface area (Å²) in [6, 6.07) is 13.9. The van der Waals surface area contributed by atoms with Gasteiger partial charge in [-0.2, -0.15) is 5.10 Å². The van der Waals surface area contributed by atoms with E-state index >= 15 is 0 Å². The average Bonchev–Trinajstić information content (AvgIpc) is 3.08. The molecule has 0 amide bonds. The molecule has 2 aromatic rings. The lowest BCUT2D eigenvalue weighted by Crippen LogP contribution is -2.49. The van der Waals surface area contributed by atoms with Gasteiger partial charge in [0, 0.05) is 10.7 Å². The quantitative estimate of drug-likeness (QED) is 0.911. The first kappa shape index (κ1) is 14.7. The summed E-state index contributed by atoms with van der Waals surface area (Å²) in [6.07, 6.45) is 1.58. The Kier molecular flexibility index (Phi) is 3.46. The van der Waals surface area contributed by atoms with Crippen LogP contribution in [0.1, 0.15) is 0 Å². The Morgan fingerprint density at radius 1 is 1.04 bits per heavy atom. The van der Waals surface area contributed by atoms with Gasteiger partial charge in [0.1, 0.15) is 18.3 Å². The van der Waals surface area contributed by atoms with E-state index < -0.39 is 0 Å². The van der Waals surface area contributed by atoms with Crippen LogP contribution >= 0.6 is 11.6 Å². The number of nitrogens with two attached hydrogens (primary N) is 1. The topological polar surface area (TPSA) is 57.2 Å². The lowest BCUT2D eigenvalue weighted by molar-refractivity contribution is 0.625. The van der Waals surface area contributed by atoms with Gasteiger partial charge in [0.15, 0.2) is 5.84 Å². The van der Waals surface area contributed by atoms with E-state index in [-0.39, 0.29) is 5.82 Å². The zero-order valence-electron chi connectivity index (χ0n) is 12.5. The van der Waals surface area contributed by atoms with Crippen molar-refractivity contribution in [2.24, 2.45) is 15.9 Å².